The van der Waals surface area contributed by atoms with E-state index in [2.05, 4.69) is 16.4 Å². The van der Waals surface area contributed by atoms with Crippen molar-refractivity contribution in [3.8, 4) is 0 Å². The fourth-order valence-electron chi connectivity index (χ4n) is 0.774. The van der Waals surface area contributed by atoms with Crippen LogP contribution in [0.5, 0.6) is 0 Å². The molecule has 5 nitrogen and oxygen atoms in total. The van der Waals surface area contributed by atoms with E-state index in [0.717, 1.165) is 10.6 Å². The van der Waals surface area contributed by atoms with Crippen LogP contribution in [0.1, 0.15) is 5.69 Å². The van der Waals surface area contributed by atoms with Crippen LogP contribution in [0.2, 0.25) is 0 Å². The molecular formula is C6H10N3O2S. The number of anilines is 1. The summed E-state index contributed by atoms with van der Waals surface area (Å²) in [5, 5.41) is 6.21. The highest BCUT2D eigenvalue weighted by Crippen LogP contribution is 2.16. The lowest BCUT2D eigenvalue weighted by Crippen LogP contribution is -2.25. The molecule has 0 unspecified atom stereocenters. The van der Waals surface area contributed by atoms with Gasteiger partial charge in [0.25, 0.3) is 0 Å². The number of aromatic amines is 1. The molecule has 0 bridgehead atoms. The van der Waals surface area contributed by atoms with Crippen LogP contribution in [-0.4, -0.2) is 31.9 Å². The molecule has 12 heavy (non-hydrogen) atoms. The molecule has 0 saturated heterocycles. The first-order chi connectivity index (χ1) is 5.43. The summed E-state index contributed by atoms with van der Waals surface area (Å²) in [6, 6.07) is 0. The summed E-state index contributed by atoms with van der Waals surface area (Å²) in [5.74, 6) is 0. The number of aromatic nitrogens is 2. The van der Waals surface area contributed by atoms with E-state index in [9.17, 15) is 8.42 Å². The topological polar surface area (TPSA) is 66.1 Å². The number of hydrogen-bond acceptors (Lipinski definition) is 3. The summed E-state index contributed by atoms with van der Waals surface area (Å²) in [4.78, 5) is 0. The van der Waals surface area contributed by atoms with E-state index in [1.165, 1.54) is 7.05 Å². The summed E-state index contributed by atoms with van der Waals surface area (Å²) in [7, 11) is -1.74. The van der Waals surface area contributed by atoms with Gasteiger partial charge in [0, 0.05) is 7.05 Å². The Labute approximate surface area is 71.4 Å². The predicted molar refractivity (Wildman–Crippen MR) is 45.4 cm³/mol. The van der Waals surface area contributed by atoms with E-state index in [1.807, 2.05) is 0 Å². The SMILES string of the molecule is Cc1[nH]n[c]c1N(C)S(C)(=O)=O. The van der Waals surface area contributed by atoms with E-state index in [1.54, 1.807) is 6.92 Å². The van der Waals surface area contributed by atoms with E-state index >= 15 is 0 Å². The number of hydrogen-bond donors (Lipinski definition) is 1. The fourth-order valence-corrected chi connectivity index (χ4v) is 1.28. The number of rotatable bonds is 2. The van der Waals surface area contributed by atoms with Crippen LogP contribution in [0.25, 0.3) is 0 Å². The van der Waals surface area contributed by atoms with Crippen molar-refractivity contribution in [3.63, 3.8) is 0 Å². The number of nitrogens with zero attached hydrogens (tertiary/aromatic N) is 2. The van der Waals surface area contributed by atoms with Crippen LogP contribution in [0.3, 0.4) is 0 Å². The standard InChI is InChI=1S/C6H10N3O2S/c1-5-6(4-7-8-5)9(2)12(3,10)11/h1-3H3,(H,7,8). The van der Waals surface area contributed by atoms with Gasteiger partial charge in [0.2, 0.25) is 10.0 Å². The van der Waals surface area contributed by atoms with Crippen molar-refractivity contribution in [2.45, 2.75) is 6.92 Å². The molecule has 0 saturated carbocycles. The highest BCUT2D eigenvalue weighted by molar-refractivity contribution is 7.92. The van der Waals surface area contributed by atoms with Crippen LogP contribution in [0, 0.1) is 13.1 Å². The van der Waals surface area contributed by atoms with Gasteiger partial charge in [-0.25, -0.2) is 8.42 Å². The maximum absolute atomic E-state index is 11.0. The Morgan fingerprint density at radius 1 is 1.58 bits per heavy atom. The molecule has 0 spiro atoms. The van der Waals surface area contributed by atoms with Crippen molar-refractivity contribution in [2.75, 3.05) is 17.6 Å². The molecule has 0 aromatic carbocycles. The molecule has 0 fully saturated rings. The largest absolute Gasteiger partial charge is 0.280 e. The Hall–Kier alpha value is -1.04. The molecule has 67 valence electrons. The van der Waals surface area contributed by atoms with E-state index < -0.39 is 10.0 Å². The van der Waals surface area contributed by atoms with Gasteiger partial charge in [-0.3, -0.25) is 9.40 Å². The number of nitrogens with one attached hydrogen (secondary N) is 1. The third-order valence-corrected chi connectivity index (χ3v) is 2.73. The molecule has 1 heterocycles. The molecule has 1 rings (SSSR count). The van der Waals surface area contributed by atoms with Crippen LogP contribution in [-0.2, 0) is 10.0 Å². The highest BCUT2D eigenvalue weighted by Gasteiger charge is 2.15. The van der Waals surface area contributed by atoms with Crippen molar-refractivity contribution >= 4 is 15.7 Å². The van der Waals surface area contributed by atoms with Crippen LogP contribution < -0.4 is 4.31 Å². The maximum atomic E-state index is 11.0. The van der Waals surface area contributed by atoms with E-state index in [4.69, 9.17) is 0 Å². The number of sulfonamides is 1. The second-order valence-electron chi connectivity index (χ2n) is 2.54. The van der Waals surface area contributed by atoms with Crippen molar-refractivity contribution < 1.29 is 8.42 Å². The first-order valence-electron chi connectivity index (χ1n) is 3.29. The second-order valence-corrected chi connectivity index (χ2v) is 4.55. The van der Waals surface area contributed by atoms with Crippen molar-refractivity contribution in [3.05, 3.63) is 11.9 Å². The normalized spacial score (nSPS) is 11.6. The minimum Gasteiger partial charge on any atom is -0.280 e. The van der Waals surface area contributed by atoms with E-state index in [0.29, 0.717) is 11.4 Å². The van der Waals surface area contributed by atoms with Gasteiger partial charge < -0.3 is 0 Å². The lowest BCUT2D eigenvalue weighted by molar-refractivity contribution is 0.600. The van der Waals surface area contributed by atoms with Gasteiger partial charge in [-0.05, 0) is 6.92 Å². The summed E-state index contributed by atoms with van der Waals surface area (Å²) in [6.45, 7) is 1.74. The van der Waals surface area contributed by atoms with E-state index in [-0.39, 0.29) is 0 Å². The van der Waals surface area contributed by atoms with Gasteiger partial charge in [0.05, 0.1) is 11.9 Å². The molecule has 1 aromatic heterocycles. The van der Waals surface area contributed by atoms with Crippen LogP contribution in [0.15, 0.2) is 0 Å². The lowest BCUT2D eigenvalue weighted by atomic mass is 10.4. The van der Waals surface area contributed by atoms with Gasteiger partial charge in [0.15, 0.2) is 0 Å². The minimum atomic E-state index is -3.21. The van der Waals surface area contributed by atoms with Gasteiger partial charge in [0.1, 0.15) is 11.9 Å². The minimum absolute atomic E-state index is 0.456. The maximum Gasteiger partial charge on any atom is 0.232 e. The van der Waals surface area contributed by atoms with Crippen molar-refractivity contribution in [2.24, 2.45) is 0 Å². The van der Waals surface area contributed by atoms with Crippen molar-refractivity contribution in [1.82, 2.24) is 10.2 Å². The summed E-state index contributed by atoms with van der Waals surface area (Å²) < 4.78 is 23.2. The number of H-pyrrole nitrogens is 1. The monoisotopic (exact) mass is 188 g/mol. The molecule has 0 atom stereocenters. The van der Waals surface area contributed by atoms with Crippen molar-refractivity contribution in [1.29, 1.82) is 0 Å². The Kier molecular flexibility index (Phi) is 2.10. The third-order valence-electron chi connectivity index (χ3n) is 1.55. The zero-order valence-corrected chi connectivity index (χ0v) is 7.94. The average molecular weight is 188 g/mol. The zero-order valence-electron chi connectivity index (χ0n) is 7.12. The molecule has 0 aliphatic carbocycles. The molecule has 0 aliphatic rings. The smallest absolute Gasteiger partial charge is 0.232 e. The van der Waals surface area contributed by atoms with Gasteiger partial charge in [-0.1, -0.05) is 0 Å². The Morgan fingerprint density at radius 3 is 2.50 bits per heavy atom. The molecular weight excluding hydrogens is 178 g/mol. The first-order valence-corrected chi connectivity index (χ1v) is 5.14. The molecule has 1 radical (unpaired) electrons. The molecule has 1 N–H and O–H groups in total. The highest BCUT2D eigenvalue weighted by atomic mass is 32.2. The molecule has 6 heteroatoms. The summed E-state index contributed by atoms with van der Waals surface area (Å²) >= 11 is 0. The second kappa shape index (κ2) is 2.78. The van der Waals surface area contributed by atoms with Gasteiger partial charge in [-0.2, -0.15) is 5.10 Å². The first kappa shape index (κ1) is 9.05. The Balaban J connectivity index is 3.09. The van der Waals surface area contributed by atoms with Gasteiger partial charge >= 0.3 is 0 Å². The van der Waals surface area contributed by atoms with Gasteiger partial charge in [-0.15, -0.1) is 0 Å². The summed E-state index contributed by atoms with van der Waals surface area (Å²) in [5.41, 5.74) is 1.14. The quantitative estimate of drug-likeness (QED) is 0.705. The number of aryl methyl sites for hydroxylation is 1. The zero-order chi connectivity index (χ0) is 9.35. The average Bonchev–Trinajstić information content (AvgIpc) is 2.31. The molecule has 0 aliphatic heterocycles. The predicted octanol–water partition coefficient (Wildman–Crippen LogP) is -0.0859. The van der Waals surface area contributed by atoms with Crippen LogP contribution >= 0.6 is 0 Å². The third kappa shape index (κ3) is 1.58. The molecule has 0 amide bonds. The lowest BCUT2D eigenvalue weighted by Gasteiger charge is -2.14. The molecule has 1 aromatic rings. The fraction of sp³-hybridized carbons (Fsp3) is 0.500. The Bertz CT molecular complexity index is 368. The Morgan fingerprint density at radius 2 is 2.17 bits per heavy atom. The van der Waals surface area contributed by atoms with Crippen LogP contribution in [0.4, 0.5) is 5.69 Å². The summed E-state index contributed by atoms with van der Waals surface area (Å²) in [6.07, 6.45) is 3.69.